The van der Waals surface area contributed by atoms with Crippen LogP contribution in [0.25, 0.3) is 0 Å². The third-order valence-electron chi connectivity index (χ3n) is 9.57. The number of nitrogens with one attached hydrogen (secondary N) is 2. The van der Waals surface area contributed by atoms with E-state index >= 15 is 0 Å². The van der Waals surface area contributed by atoms with E-state index in [0.29, 0.717) is 9.75 Å². The third-order valence-corrected chi connectivity index (χ3v) is 12.6. The summed E-state index contributed by atoms with van der Waals surface area (Å²) in [4.78, 5) is 44.4. The molecule has 0 aliphatic heterocycles. The minimum absolute atomic E-state index is 0.0173. The molecule has 5 aromatic rings. The van der Waals surface area contributed by atoms with E-state index in [2.05, 4.69) is 15.6 Å². The van der Waals surface area contributed by atoms with Crippen molar-refractivity contribution in [2.24, 2.45) is 5.92 Å². The average molecular weight is 803 g/mol. The number of hydrogen-bond donors (Lipinski definition) is 3. The van der Waals surface area contributed by atoms with Crippen molar-refractivity contribution in [3.8, 4) is 0 Å². The van der Waals surface area contributed by atoms with Crippen molar-refractivity contribution in [1.82, 2.24) is 19.9 Å². The Labute approximate surface area is 327 Å². The minimum Gasteiger partial charge on any atom is -0.453 e. The number of halogens is 2. The summed E-state index contributed by atoms with van der Waals surface area (Å²) >= 11 is 1.13. The maximum Gasteiger partial charge on any atom is 0.407 e. The summed E-state index contributed by atoms with van der Waals surface area (Å²) in [6.07, 6.45) is -0.376. The average Bonchev–Trinajstić information content (AvgIpc) is 3.68. The number of methoxy groups -OCH3 is 1. The minimum atomic E-state index is -4.47. The smallest absolute Gasteiger partial charge is 0.407 e. The van der Waals surface area contributed by atoms with Crippen molar-refractivity contribution in [3.05, 3.63) is 154 Å². The maximum absolute atomic E-state index is 14.4. The van der Waals surface area contributed by atoms with Gasteiger partial charge in [-0.2, -0.15) is 4.31 Å². The predicted octanol–water partition coefficient (Wildman–Crippen LogP) is 6.32. The number of ketones is 1. The second kappa shape index (κ2) is 17.6. The predicted molar refractivity (Wildman–Crippen MR) is 206 cm³/mol. The molecule has 1 fully saturated rings. The van der Waals surface area contributed by atoms with Crippen molar-refractivity contribution in [1.29, 1.82) is 0 Å². The first kappa shape index (κ1) is 40.3. The number of aliphatic hydroxyl groups excluding tert-OH is 1. The van der Waals surface area contributed by atoms with Gasteiger partial charge in [0.15, 0.2) is 0 Å². The second-order valence-corrected chi connectivity index (χ2v) is 16.5. The van der Waals surface area contributed by atoms with Gasteiger partial charge in [-0.25, -0.2) is 22.0 Å². The summed E-state index contributed by atoms with van der Waals surface area (Å²) in [6.45, 7) is -0.995. The van der Waals surface area contributed by atoms with E-state index < -0.39 is 77.1 Å². The largest absolute Gasteiger partial charge is 0.453 e. The lowest BCUT2D eigenvalue weighted by Crippen LogP contribution is -2.50. The summed E-state index contributed by atoms with van der Waals surface area (Å²) < 4.78 is 62.6. The quantitative estimate of drug-likeness (QED) is 0.0981. The number of carbonyl (C=O) groups excluding carboxylic acids is 3. The van der Waals surface area contributed by atoms with Crippen molar-refractivity contribution in [3.63, 3.8) is 0 Å². The number of amides is 2. The van der Waals surface area contributed by atoms with Crippen LogP contribution in [-0.4, -0.2) is 72.8 Å². The van der Waals surface area contributed by atoms with E-state index in [0.717, 1.165) is 26.8 Å². The Kier molecular flexibility index (Phi) is 12.7. The van der Waals surface area contributed by atoms with Crippen molar-refractivity contribution < 1.29 is 41.4 Å². The highest BCUT2D eigenvalue weighted by Crippen LogP contribution is 2.45. The first-order valence-electron chi connectivity index (χ1n) is 17.8. The Balaban J connectivity index is 1.26. The van der Waals surface area contributed by atoms with Gasteiger partial charge in [-0.1, -0.05) is 78.9 Å². The van der Waals surface area contributed by atoms with Gasteiger partial charge >= 0.3 is 6.09 Å². The molecule has 2 aromatic heterocycles. The van der Waals surface area contributed by atoms with Gasteiger partial charge < -0.3 is 20.5 Å². The van der Waals surface area contributed by atoms with Crippen LogP contribution in [0.3, 0.4) is 0 Å². The molecule has 56 heavy (non-hydrogen) atoms. The summed E-state index contributed by atoms with van der Waals surface area (Å²) in [6, 6.07) is 29.7. The third kappa shape index (κ3) is 9.36. The lowest BCUT2D eigenvalue weighted by atomic mass is 9.81. The van der Waals surface area contributed by atoms with Gasteiger partial charge in [0.25, 0.3) is 0 Å². The van der Waals surface area contributed by atoms with Crippen molar-refractivity contribution >= 4 is 39.1 Å². The van der Waals surface area contributed by atoms with Gasteiger partial charge in [0.05, 0.1) is 31.2 Å². The second-order valence-electron chi connectivity index (χ2n) is 13.4. The zero-order valence-corrected chi connectivity index (χ0v) is 31.9. The fourth-order valence-corrected chi connectivity index (χ4v) is 9.64. The Hall–Kier alpha value is -5.35. The number of hydrogen-bond acceptors (Lipinski definition) is 9. The molecule has 15 heteroatoms. The Morgan fingerprint density at radius 1 is 0.929 bits per heavy atom. The Bertz CT molecular complexity index is 2200. The zero-order chi connectivity index (χ0) is 39.9. The van der Waals surface area contributed by atoms with Crippen LogP contribution in [0, 0.1) is 5.92 Å². The number of alkyl carbamates (subject to hydrolysis) is 1. The van der Waals surface area contributed by atoms with Gasteiger partial charge in [0, 0.05) is 46.8 Å². The molecule has 292 valence electrons. The maximum atomic E-state index is 14.4. The molecule has 0 bridgehead atoms. The highest BCUT2D eigenvalue weighted by molar-refractivity contribution is 7.89. The lowest BCUT2D eigenvalue weighted by molar-refractivity contribution is -0.123. The first-order valence-corrected chi connectivity index (χ1v) is 20.0. The molecule has 2 atom stereocenters. The van der Waals surface area contributed by atoms with E-state index in [9.17, 15) is 36.7 Å². The van der Waals surface area contributed by atoms with Crippen LogP contribution in [0.15, 0.2) is 126 Å². The van der Waals surface area contributed by atoms with Crippen LogP contribution in [-0.2, 0) is 26.1 Å². The number of thiophene rings is 1. The number of pyridine rings is 1. The Morgan fingerprint density at radius 2 is 1.59 bits per heavy atom. The molecule has 0 spiro atoms. The standard InChI is InChI=1S/C41H40F2N4O7S2/c1-54-40(51)46-37(36(28-11-4-2-5-12-28)29-13-6-3-7-14-29)39(50)45-24-31-18-19-35(55-31)34(26-48)47(25-27-22-41(42,43)23-27)56(52,53)32-16-10-15-30(21-32)38(49)33-17-8-9-20-44-33/h2-21,27,34,36-37,48H,22-26H2,1H3,(H,45,50)(H,46,51). The number of aromatic nitrogens is 1. The topological polar surface area (TPSA) is 155 Å². The van der Waals surface area contributed by atoms with Crippen LogP contribution < -0.4 is 10.6 Å². The molecule has 6 rings (SSSR count). The number of sulfonamides is 1. The van der Waals surface area contributed by atoms with Gasteiger partial charge in [-0.15, -0.1) is 11.3 Å². The zero-order valence-electron chi connectivity index (χ0n) is 30.3. The molecule has 0 saturated heterocycles. The molecule has 1 saturated carbocycles. The van der Waals surface area contributed by atoms with E-state index in [-0.39, 0.29) is 29.2 Å². The van der Waals surface area contributed by atoms with Crippen molar-refractivity contribution in [2.45, 2.75) is 48.2 Å². The Morgan fingerprint density at radius 3 is 2.18 bits per heavy atom. The summed E-state index contributed by atoms with van der Waals surface area (Å²) in [5.41, 5.74) is 1.73. The molecular weight excluding hydrogens is 763 g/mol. The van der Waals surface area contributed by atoms with Crippen LogP contribution in [0.1, 0.15) is 61.7 Å². The van der Waals surface area contributed by atoms with Crippen LogP contribution >= 0.6 is 11.3 Å². The van der Waals surface area contributed by atoms with E-state index in [4.69, 9.17) is 4.74 Å². The number of rotatable bonds is 16. The molecule has 2 amide bonds. The summed E-state index contributed by atoms with van der Waals surface area (Å²) in [5, 5.41) is 16.3. The monoisotopic (exact) mass is 802 g/mol. The highest BCUT2D eigenvalue weighted by Gasteiger charge is 2.48. The normalized spacial score (nSPS) is 15.1. The van der Waals surface area contributed by atoms with E-state index in [1.165, 1.54) is 43.6 Å². The lowest BCUT2D eigenvalue weighted by Gasteiger charge is -2.39. The molecule has 1 aliphatic rings. The SMILES string of the molecule is COC(=O)NC(C(=O)NCc1ccc(C(CO)N(CC2CC(F)(F)C2)S(=O)(=O)c2cccc(C(=O)c3ccccn3)c2)s1)C(c1ccccc1)c1ccccc1. The number of nitrogens with zero attached hydrogens (tertiary/aromatic N) is 2. The van der Waals surface area contributed by atoms with Crippen LogP contribution in [0.5, 0.6) is 0 Å². The number of ether oxygens (including phenoxy) is 1. The molecule has 3 N–H and O–H groups in total. The van der Waals surface area contributed by atoms with Crippen molar-refractivity contribution in [2.75, 3.05) is 20.3 Å². The van der Waals surface area contributed by atoms with E-state index in [1.807, 2.05) is 60.7 Å². The number of alkyl halides is 2. The molecule has 2 heterocycles. The molecular formula is C41H40F2N4O7S2. The van der Waals surface area contributed by atoms with E-state index in [1.54, 1.807) is 24.3 Å². The molecule has 0 radical (unpaired) electrons. The number of aliphatic hydroxyl groups is 1. The van der Waals surface area contributed by atoms with Gasteiger partial charge in [-0.05, 0) is 53.4 Å². The molecule has 3 aromatic carbocycles. The molecule has 2 unspecified atom stereocenters. The number of carbonyl (C=O) groups is 3. The fraction of sp³-hybridized carbons (Fsp3) is 0.268. The molecule has 11 nitrogen and oxygen atoms in total. The van der Waals surface area contributed by atoms with Gasteiger partial charge in [-0.3, -0.25) is 14.6 Å². The number of benzene rings is 3. The van der Waals surface area contributed by atoms with Gasteiger partial charge in [0.1, 0.15) is 11.7 Å². The highest BCUT2D eigenvalue weighted by atomic mass is 32.2. The molecule has 1 aliphatic carbocycles. The first-order chi connectivity index (χ1) is 26.9. The van der Waals surface area contributed by atoms with Crippen LogP contribution in [0.2, 0.25) is 0 Å². The summed E-state index contributed by atoms with van der Waals surface area (Å²) in [7, 11) is -3.27. The van der Waals surface area contributed by atoms with Gasteiger partial charge in [0.2, 0.25) is 27.6 Å². The fourth-order valence-electron chi connectivity index (χ4n) is 6.80. The van der Waals surface area contributed by atoms with Crippen LogP contribution in [0.4, 0.5) is 13.6 Å². The summed E-state index contributed by atoms with van der Waals surface area (Å²) in [5.74, 6) is -5.20.